The number of nitrogens with two attached hydrogens (primary N) is 1. The number of methoxy groups -OCH3 is 3. The van der Waals surface area contributed by atoms with E-state index in [1.807, 2.05) is 18.2 Å². The van der Waals surface area contributed by atoms with Gasteiger partial charge in [-0.1, -0.05) is 12.1 Å². The maximum atomic E-state index is 13.2. The molecule has 8 nitrogen and oxygen atoms in total. The van der Waals surface area contributed by atoms with Gasteiger partial charge in [0.05, 0.1) is 27.4 Å². The van der Waals surface area contributed by atoms with Crippen LogP contribution in [0.1, 0.15) is 36.4 Å². The number of hydrogen-bond donors (Lipinski definition) is 2. The minimum Gasteiger partial charge on any atom is -0.496 e. The molecule has 1 aliphatic heterocycles. The number of fused-ring (bicyclic) bond motifs is 5. The van der Waals surface area contributed by atoms with Crippen LogP contribution in [-0.2, 0) is 25.5 Å². The van der Waals surface area contributed by atoms with E-state index in [0.717, 1.165) is 29.5 Å². The number of ether oxygens (including phenoxy) is 3. The van der Waals surface area contributed by atoms with Crippen molar-refractivity contribution in [1.29, 1.82) is 0 Å². The number of benzene rings is 2. The van der Waals surface area contributed by atoms with Gasteiger partial charge >= 0.3 is 5.97 Å². The monoisotopic (exact) mass is 466 g/mol. The molecule has 1 fully saturated rings. The van der Waals surface area contributed by atoms with Gasteiger partial charge in [-0.2, -0.15) is 0 Å². The van der Waals surface area contributed by atoms with Gasteiger partial charge in [-0.05, 0) is 54.2 Å². The second-order valence-corrected chi connectivity index (χ2v) is 8.87. The van der Waals surface area contributed by atoms with Crippen LogP contribution in [0, 0.1) is 11.8 Å². The molecule has 0 radical (unpaired) electrons. The summed E-state index contributed by atoms with van der Waals surface area (Å²) >= 11 is 0. The number of carbonyl (C=O) groups is 3. The van der Waals surface area contributed by atoms with E-state index in [-0.39, 0.29) is 30.4 Å². The van der Waals surface area contributed by atoms with Gasteiger partial charge in [0.15, 0.2) is 5.78 Å². The SMILES string of the molecule is COC(=O)[C@@H]1Cc2ccc(OC)c(c2)-c2cc(ccc2OC)[C@H](N)C(=O)C[C@@H](C2CC2)C(=O)N1. The van der Waals surface area contributed by atoms with Crippen LogP contribution in [0.15, 0.2) is 36.4 Å². The normalized spacial score (nSPS) is 22.9. The Morgan fingerprint density at radius 1 is 0.941 bits per heavy atom. The minimum atomic E-state index is -0.896. The number of amides is 1. The molecule has 1 aliphatic carbocycles. The van der Waals surface area contributed by atoms with Crippen molar-refractivity contribution < 1.29 is 28.6 Å². The Kier molecular flexibility index (Phi) is 6.88. The van der Waals surface area contributed by atoms with Gasteiger partial charge in [0.2, 0.25) is 5.91 Å². The van der Waals surface area contributed by atoms with Crippen LogP contribution < -0.4 is 20.5 Å². The molecular formula is C26H30N2O6. The molecule has 3 atom stereocenters. The molecule has 180 valence electrons. The van der Waals surface area contributed by atoms with E-state index in [2.05, 4.69) is 5.32 Å². The molecule has 3 N–H and O–H groups in total. The number of hydrogen-bond acceptors (Lipinski definition) is 7. The van der Waals surface area contributed by atoms with Crippen molar-refractivity contribution in [2.45, 2.75) is 37.8 Å². The molecule has 2 aromatic rings. The Hall–Kier alpha value is -3.39. The molecule has 0 unspecified atom stereocenters. The Morgan fingerprint density at radius 2 is 1.59 bits per heavy atom. The van der Waals surface area contributed by atoms with Crippen LogP contribution in [0.25, 0.3) is 11.1 Å². The number of nitrogens with one attached hydrogen (secondary N) is 1. The first-order chi connectivity index (χ1) is 16.4. The maximum absolute atomic E-state index is 13.2. The van der Waals surface area contributed by atoms with Crippen molar-refractivity contribution in [2.24, 2.45) is 17.6 Å². The zero-order chi connectivity index (χ0) is 24.4. The van der Waals surface area contributed by atoms with Crippen molar-refractivity contribution >= 4 is 17.7 Å². The third kappa shape index (κ3) is 4.77. The fraction of sp³-hybridized carbons (Fsp3) is 0.423. The Morgan fingerprint density at radius 3 is 2.21 bits per heavy atom. The first-order valence-electron chi connectivity index (χ1n) is 11.4. The lowest BCUT2D eigenvalue weighted by Crippen LogP contribution is -2.46. The van der Waals surface area contributed by atoms with Crippen molar-refractivity contribution in [1.82, 2.24) is 5.32 Å². The lowest BCUT2D eigenvalue weighted by Gasteiger charge is -2.24. The fourth-order valence-electron chi connectivity index (χ4n) is 4.57. The van der Waals surface area contributed by atoms with Gasteiger partial charge in [-0.3, -0.25) is 9.59 Å². The third-order valence-electron chi connectivity index (χ3n) is 6.67. The molecule has 1 heterocycles. The molecule has 1 amide bonds. The van der Waals surface area contributed by atoms with E-state index in [9.17, 15) is 14.4 Å². The summed E-state index contributed by atoms with van der Waals surface area (Å²) in [6.45, 7) is 0. The van der Waals surface area contributed by atoms with E-state index in [1.165, 1.54) is 7.11 Å². The molecule has 2 aliphatic rings. The Labute approximate surface area is 198 Å². The molecule has 8 heteroatoms. The van der Waals surface area contributed by atoms with Crippen molar-refractivity contribution in [3.63, 3.8) is 0 Å². The van der Waals surface area contributed by atoms with Crippen LogP contribution in [-0.4, -0.2) is 45.0 Å². The number of ketones is 1. The van der Waals surface area contributed by atoms with Gasteiger partial charge < -0.3 is 25.3 Å². The average molecular weight is 467 g/mol. The lowest BCUT2D eigenvalue weighted by molar-refractivity contribution is -0.145. The van der Waals surface area contributed by atoms with Crippen LogP contribution >= 0.6 is 0 Å². The molecule has 34 heavy (non-hydrogen) atoms. The first-order valence-corrected chi connectivity index (χ1v) is 11.4. The third-order valence-corrected chi connectivity index (χ3v) is 6.67. The summed E-state index contributed by atoms with van der Waals surface area (Å²) < 4.78 is 16.1. The number of Topliss-reactive ketones (excluding diaryl/α,β-unsaturated/α-hetero) is 1. The van der Waals surface area contributed by atoms with Crippen LogP contribution in [0.4, 0.5) is 0 Å². The van der Waals surface area contributed by atoms with Crippen LogP contribution in [0.3, 0.4) is 0 Å². The second-order valence-electron chi connectivity index (χ2n) is 8.87. The molecule has 4 bridgehead atoms. The highest BCUT2D eigenvalue weighted by Crippen LogP contribution is 2.41. The number of esters is 1. The maximum Gasteiger partial charge on any atom is 0.328 e. The van der Waals surface area contributed by atoms with E-state index in [0.29, 0.717) is 17.1 Å². The minimum absolute atomic E-state index is 0.0154. The quantitative estimate of drug-likeness (QED) is 0.665. The topological polar surface area (TPSA) is 117 Å². The van der Waals surface area contributed by atoms with Gasteiger partial charge in [0.1, 0.15) is 17.5 Å². The van der Waals surface area contributed by atoms with E-state index < -0.39 is 24.0 Å². The molecule has 0 spiro atoms. The summed E-state index contributed by atoms with van der Waals surface area (Å²) in [6, 6.07) is 9.13. The Bertz CT molecular complexity index is 1110. The number of carbonyl (C=O) groups excluding carboxylic acids is 3. The van der Waals surface area contributed by atoms with Crippen LogP contribution in [0.2, 0.25) is 0 Å². The summed E-state index contributed by atoms with van der Waals surface area (Å²) in [5, 5.41) is 2.83. The summed E-state index contributed by atoms with van der Waals surface area (Å²) in [5.74, 6) is -0.317. The van der Waals surface area contributed by atoms with Gasteiger partial charge in [-0.15, -0.1) is 0 Å². The molecule has 1 saturated carbocycles. The van der Waals surface area contributed by atoms with E-state index >= 15 is 0 Å². The summed E-state index contributed by atoms with van der Waals surface area (Å²) in [6.07, 6.45) is 1.99. The first kappa shape index (κ1) is 23.8. The van der Waals surface area contributed by atoms with Crippen LogP contribution in [0.5, 0.6) is 11.5 Å². The summed E-state index contributed by atoms with van der Waals surface area (Å²) in [5.41, 5.74) is 9.25. The predicted octanol–water partition coefficient (Wildman–Crippen LogP) is 2.57. The molecule has 0 aromatic heterocycles. The predicted molar refractivity (Wildman–Crippen MR) is 125 cm³/mol. The highest BCUT2D eigenvalue weighted by molar-refractivity contribution is 5.93. The van der Waals surface area contributed by atoms with Gasteiger partial charge in [-0.25, -0.2) is 4.79 Å². The summed E-state index contributed by atoms with van der Waals surface area (Å²) in [4.78, 5) is 38.9. The molecule has 2 aromatic carbocycles. The Balaban J connectivity index is 1.87. The smallest absolute Gasteiger partial charge is 0.328 e. The molecular weight excluding hydrogens is 436 g/mol. The van der Waals surface area contributed by atoms with Gasteiger partial charge in [0, 0.05) is 29.9 Å². The molecule has 4 rings (SSSR count). The number of rotatable bonds is 4. The van der Waals surface area contributed by atoms with Crippen molar-refractivity contribution in [3.8, 4) is 22.6 Å². The summed E-state index contributed by atoms with van der Waals surface area (Å²) in [7, 11) is 4.43. The zero-order valence-corrected chi connectivity index (χ0v) is 19.6. The zero-order valence-electron chi connectivity index (χ0n) is 19.6. The largest absolute Gasteiger partial charge is 0.496 e. The van der Waals surface area contributed by atoms with E-state index in [4.69, 9.17) is 19.9 Å². The van der Waals surface area contributed by atoms with Crippen molar-refractivity contribution in [2.75, 3.05) is 21.3 Å². The highest BCUT2D eigenvalue weighted by atomic mass is 16.5. The molecule has 0 saturated heterocycles. The second kappa shape index (κ2) is 9.85. The van der Waals surface area contributed by atoms with Gasteiger partial charge in [0.25, 0.3) is 0 Å². The fourth-order valence-corrected chi connectivity index (χ4v) is 4.57. The van der Waals surface area contributed by atoms with Crippen molar-refractivity contribution in [3.05, 3.63) is 47.5 Å². The van der Waals surface area contributed by atoms with E-state index in [1.54, 1.807) is 32.4 Å². The lowest BCUT2D eigenvalue weighted by atomic mass is 9.88. The average Bonchev–Trinajstić information content (AvgIpc) is 3.70. The highest BCUT2D eigenvalue weighted by Gasteiger charge is 2.40. The standard InChI is InChI=1S/C26H30N2O6/c1-32-22-8-4-14-10-18(22)19-12-16(7-9-23(19)33-2)24(27)21(29)13-17(15-5-6-15)25(30)28-20(11-14)26(31)34-3/h4,7-10,12,15,17,20,24H,5-6,11,13,27H2,1-3H3,(H,28,30)/t17-,20-,24-/m0/s1.